The lowest BCUT2D eigenvalue weighted by atomic mass is 9.86. The predicted molar refractivity (Wildman–Crippen MR) is 137 cm³/mol. The van der Waals surface area contributed by atoms with Gasteiger partial charge in [0.15, 0.2) is 0 Å². The van der Waals surface area contributed by atoms with Gasteiger partial charge in [0.1, 0.15) is 11.6 Å². The summed E-state index contributed by atoms with van der Waals surface area (Å²) < 4.78 is 29.6. The smallest absolute Gasteiger partial charge is 0.248 e. The molecule has 2 bridgehead atoms. The van der Waals surface area contributed by atoms with Crippen LogP contribution in [0.15, 0.2) is 17.5 Å². The molecule has 5 rings (SSSR count). The lowest BCUT2D eigenvalue weighted by Gasteiger charge is -2.40. The number of carbonyl (C=O) groups excluding carboxylic acids is 1. The van der Waals surface area contributed by atoms with Crippen molar-refractivity contribution in [1.29, 1.82) is 0 Å². The number of hydrogen-bond acceptors (Lipinski definition) is 5. The largest absolute Gasteiger partial charge is 0.348 e. The van der Waals surface area contributed by atoms with Gasteiger partial charge in [0.2, 0.25) is 11.8 Å². The number of thiophene rings is 1. The molecule has 6 nitrogen and oxygen atoms in total. The van der Waals surface area contributed by atoms with Gasteiger partial charge in [-0.3, -0.25) is 9.69 Å². The number of amides is 1. The molecule has 3 aliphatic rings. The Labute approximate surface area is 216 Å². The molecule has 2 unspecified atom stereocenters. The third kappa shape index (κ3) is 5.37. The van der Waals surface area contributed by atoms with Crippen LogP contribution in [0.1, 0.15) is 106 Å². The summed E-state index contributed by atoms with van der Waals surface area (Å²) in [6.07, 6.45) is 5.67. The average molecular weight is 520 g/mol. The first-order valence-corrected chi connectivity index (χ1v) is 14.5. The SMILES string of the molecule is Cc1nnc(C(C)C)n1C1C[C@H]2CC[C@@H](C1)N2CCC(NC(=O)C1CCC(F)(F)CC1)c1cccs1. The highest BCUT2D eigenvalue weighted by atomic mass is 32.1. The van der Waals surface area contributed by atoms with Gasteiger partial charge >= 0.3 is 0 Å². The van der Waals surface area contributed by atoms with Crippen LogP contribution < -0.4 is 5.32 Å². The summed E-state index contributed by atoms with van der Waals surface area (Å²) in [5, 5.41) is 14.1. The van der Waals surface area contributed by atoms with E-state index in [1.807, 2.05) is 11.4 Å². The third-order valence-corrected chi connectivity index (χ3v) is 9.59. The zero-order valence-corrected chi connectivity index (χ0v) is 22.4. The molecule has 3 fully saturated rings. The Hall–Kier alpha value is -1.87. The molecule has 1 N–H and O–H groups in total. The van der Waals surface area contributed by atoms with E-state index in [0.717, 1.165) is 42.3 Å². The second-order valence-electron chi connectivity index (χ2n) is 11.4. The minimum atomic E-state index is -2.61. The van der Waals surface area contributed by atoms with Crippen LogP contribution in [0.25, 0.3) is 0 Å². The Kier molecular flexibility index (Phi) is 7.50. The maximum Gasteiger partial charge on any atom is 0.248 e. The van der Waals surface area contributed by atoms with Crippen molar-refractivity contribution in [2.75, 3.05) is 6.54 Å². The first-order valence-electron chi connectivity index (χ1n) is 13.6. The van der Waals surface area contributed by atoms with Gasteiger partial charge in [-0.2, -0.15) is 0 Å². The number of halogens is 2. The molecule has 4 heterocycles. The Morgan fingerprint density at radius 1 is 1.14 bits per heavy atom. The van der Waals surface area contributed by atoms with Gasteiger partial charge in [-0.05, 0) is 63.3 Å². The van der Waals surface area contributed by atoms with E-state index in [0.29, 0.717) is 24.0 Å². The van der Waals surface area contributed by atoms with Crippen LogP contribution in [-0.2, 0) is 4.79 Å². The Balaban J connectivity index is 1.22. The fourth-order valence-corrected chi connectivity index (χ4v) is 7.51. The van der Waals surface area contributed by atoms with E-state index >= 15 is 0 Å². The number of rotatable bonds is 8. The maximum absolute atomic E-state index is 13.6. The van der Waals surface area contributed by atoms with Crippen molar-refractivity contribution >= 4 is 17.2 Å². The number of hydrogen-bond donors (Lipinski definition) is 1. The molecule has 0 aromatic carbocycles. The molecule has 198 valence electrons. The number of nitrogens with zero attached hydrogens (tertiary/aromatic N) is 4. The zero-order valence-electron chi connectivity index (χ0n) is 21.6. The summed E-state index contributed by atoms with van der Waals surface area (Å²) in [7, 11) is 0. The lowest BCUT2D eigenvalue weighted by Crippen LogP contribution is -2.45. The fraction of sp³-hybridized carbons (Fsp3) is 0.741. The number of alkyl halides is 2. The van der Waals surface area contributed by atoms with Crippen molar-refractivity contribution in [3.8, 4) is 0 Å². The van der Waals surface area contributed by atoms with Gasteiger partial charge in [0.05, 0.1) is 6.04 Å². The average Bonchev–Trinajstić information content (AvgIpc) is 3.55. The van der Waals surface area contributed by atoms with Crippen molar-refractivity contribution in [3.63, 3.8) is 0 Å². The van der Waals surface area contributed by atoms with Crippen LogP contribution in [0.3, 0.4) is 0 Å². The van der Waals surface area contributed by atoms with Crippen molar-refractivity contribution in [3.05, 3.63) is 34.0 Å². The number of aromatic nitrogens is 3. The molecule has 1 saturated carbocycles. The molecule has 2 aliphatic heterocycles. The van der Waals surface area contributed by atoms with E-state index in [9.17, 15) is 13.6 Å². The van der Waals surface area contributed by atoms with Crippen LogP contribution in [0.2, 0.25) is 0 Å². The highest BCUT2D eigenvalue weighted by Gasteiger charge is 2.42. The van der Waals surface area contributed by atoms with Crippen molar-refractivity contribution < 1.29 is 13.6 Å². The zero-order chi connectivity index (χ0) is 25.4. The number of piperidine rings is 1. The minimum Gasteiger partial charge on any atom is -0.348 e. The summed E-state index contributed by atoms with van der Waals surface area (Å²) in [4.78, 5) is 16.8. The van der Waals surface area contributed by atoms with Crippen molar-refractivity contribution in [2.45, 2.75) is 115 Å². The van der Waals surface area contributed by atoms with E-state index in [2.05, 4.69) is 51.8 Å². The first kappa shape index (κ1) is 25.8. The van der Waals surface area contributed by atoms with E-state index in [1.165, 1.54) is 12.8 Å². The summed E-state index contributed by atoms with van der Waals surface area (Å²) >= 11 is 1.66. The third-order valence-electron chi connectivity index (χ3n) is 8.60. The molecular formula is C27H39F2N5OS. The first-order chi connectivity index (χ1) is 17.2. The van der Waals surface area contributed by atoms with E-state index in [4.69, 9.17) is 0 Å². The summed E-state index contributed by atoms with van der Waals surface area (Å²) in [5.74, 6) is -0.524. The Morgan fingerprint density at radius 2 is 1.83 bits per heavy atom. The van der Waals surface area contributed by atoms with Gasteiger partial charge in [-0.25, -0.2) is 8.78 Å². The van der Waals surface area contributed by atoms with Crippen LogP contribution in [0.5, 0.6) is 0 Å². The monoisotopic (exact) mass is 519 g/mol. The van der Waals surface area contributed by atoms with E-state index < -0.39 is 5.92 Å². The second-order valence-corrected chi connectivity index (χ2v) is 12.4. The number of fused-ring (bicyclic) bond motifs is 2. The minimum absolute atomic E-state index is 0.0603. The number of nitrogens with one attached hydrogen (secondary N) is 1. The molecule has 2 aromatic rings. The molecule has 2 saturated heterocycles. The summed E-state index contributed by atoms with van der Waals surface area (Å²) in [6.45, 7) is 7.36. The number of carbonyl (C=O) groups is 1. The topological polar surface area (TPSA) is 63.1 Å². The molecule has 1 aliphatic carbocycles. The van der Waals surface area contributed by atoms with Crippen LogP contribution >= 0.6 is 11.3 Å². The van der Waals surface area contributed by atoms with Crippen LogP contribution in [0, 0.1) is 12.8 Å². The second kappa shape index (κ2) is 10.5. The van der Waals surface area contributed by atoms with Gasteiger partial charge in [0.25, 0.3) is 0 Å². The lowest BCUT2D eigenvalue weighted by molar-refractivity contribution is -0.130. The van der Waals surface area contributed by atoms with Crippen molar-refractivity contribution in [1.82, 2.24) is 25.0 Å². The highest BCUT2D eigenvalue weighted by molar-refractivity contribution is 7.10. The molecule has 9 heteroatoms. The van der Waals surface area contributed by atoms with Crippen LogP contribution in [-0.4, -0.2) is 50.1 Å². The van der Waals surface area contributed by atoms with E-state index in [-0.39, 0.29) is 43.6 Å². The van der Waals surface area contributed by atoms with Crippen LogP contribution in [0.4, 0.5) is 8.78 Å². The fourth-order valence-electron chi connectivity index (χ4n) is 6.70. The van der Waals surface area contributed by atoms with Crippen molar-refractivity contribution in [2.24, 2.45) is 5.92 Å². The standard InChI is InChI=1S/C27H39F2N5OS/c1-17(2)25-32-31-18(3)34(25)22-15-20-6-7-21(16-22)33(20)13-10-23(24-5-4-14-36-24)30-26(35)19-8-11-27(28,29)12-9-19/h4-5,14,17,19-23H,6-13,15-16H2,1-3H3,(H,30,35)/t20-,21+,22?,23?. The molecule has 0 radical (unpaired) electrons. The Morgan fingerprint density at radius 3 is 2.44 bits per heavy atom. The molecule has 4 atom stereocenters. The summed E-state index contributed by atoms with van der Waals surface area (Å²) in [6, 6.07) is 5.55. The number of aryl methyl sites for hydroxylation is 1. The molecular weight excluding hydrogens is 480 g/mol. The molecule has 36 heavy (non-hydrogen) atoms. The molecule has 1 amide bonds. The Bertz CT molecular complexity index is 1020. The maximum atomic E-state index is 13.6. The highest BCUT2D eigenvalue weighted by Crippen LogP contribution is 2.43. The normalized spacial score (nSPS) is 27.4. The predicted octanol–water partition coefficient (Wildman–Crippen LogP) is 6.01. The van der Waals surface area contributed by atoms with Gasteiger partial charge in [-0.15, -0.1) is 21.5 Å². The van der Waals surface area contributed by atoms with E-state index in [1.54, 1.807) is 11.3 Å². The quantitative estimate of drug-likeness (QED) is 0.464. The van der Waals surface area contributed by atoms with Gasteiger partial charge in [-0.1, -0.05) is 19.9 Å². The summed E-state index contributed by atoms with van der Waals surface area (Å²) in [5.41, 5.74) is 0. The molecule has 0 spiro atoms. The molecule has 2 aromatic heterocycles. The van der Waals surface area contributed by atoms with Gasteiger partial charge in [0, 0.05) is 54.2 Å². The van der Waals surface area contributed by atoms with Gasteiger partial charge < -0.3 is 9.88 Å².